The molecule has 0 amide bonds. The van der Waals surface area contributed by atoms with E-state index in [1.807, 2.05) is 0 Å². The molecule has 0 fully saturated rings. The van der Waals surface area contributed by atoms with Crippen molar-refractivity contribution < 1.29 is 14.8 Å². The van der Waals surface area contributed by atoms with Crippen LogP contribution in [0.25, 0.3) is 11.1 Å². The van der Waals surface area contributed by atoms with E-state index in [1.165, 1.54) is 18.2 Å². The van der Waals surface area contributed by atoms with Gasteiger partial charge in [-0.25, -0.2) is 0 Å². The molecule has 0 aliphatic rings. The zero-order valence-corrected chi connectivity index (χ0v) is 10.3. The van der Waals surface area contributed by atoms with E-state index in [1.54, 1.807) is 0 Å². The second-order valence-corrected chi connectivity index (χ2v) is 4.02. The van der Waals surface area contributed by atoms with Crippen LogP contribution in [0.1, 0.15) is 0 Å². The van der Waals surface area contributed by atoms with Crippen LogP contribution in [-0.2, 0) is 0 Å². The van der Waals surface area contributed by atoms with Gasteiger partial charge in [-0.1, -0.05) is 12.1 Å². The van der Waals surface area contributed by atoms with Crippen molar-refractivity contribution in [1.29, 1.82) is 0 Å². The minimum absolute atomic E-state index is 0.0436. The molecule has 0 saturated heterocycles. The SMILES string of the molecule is O=[N+]([O-])c1cccc(-c2cc([N+](=O)[O-])ccc2[N+](=O)[O-])c1. The molecule has 0 radical (unpaired) electrons. The molecule has 0 N–H and O–H groups in total. The third kappa shape index (κ3) is 2.81. The molecule has 0 spiro atoms. The van der Waals surface area contributed by atoms with Crippen molar-refractivity contribution in [1.82, 2.24) is 0 Å². The van der Waals surface area contributed by atoms with Gasteiger partial charge in [0.2, 0.25) is 0 Å². The normalized spacial score (nSPS) is 10.1. The molecule has 9 nitrogen and oxygen atoms in total. The summed E-state index contributed by atoms with van der Waals surface area (Å²) in [5, 5.41) is 32.5. The maximum Gasteiger partial charge on any atom is 0.277 e. The highest BCUT2D eigenvalue weighted by molar-refractivity contribution is 5.77. The van der Waals surface area contributed by atoms with E-state index >= 15 is 0 Å². The minimum Gasteiger partial charge on any atom is -0.258 e. The van der Waals surface area contributed by atoms with E-state index in [0.29, 0.717) is 0 Å². The monoisotopic (exact) mass is 289 g/mol. The molecule has 0 heterocycles. The summed E-state index contributed by atoms with van der Waals surface area (Å²) in [6.07, 6.45) is 0. The molecule has 2 aromatic rings. The lowest BCUT2D eigenvalue weighted by Crippen LogP contribution is -1.95. The first-order chi connectivity index (χ1) is 9.90. The molecule has 0 aliphatic heterocycles. The standard InChI is InChI=1S/C12H7N3O6/c16-13(17)9-3-1-2-8(6-9)11-7-10(14(18)19)4-5-12(11)15(20)21/h1-7H. The number of nitro benzene ring substituents is 3. The molecule has 0 saturated carbocycles. The number of hydrogen-bond acceptors (Lipinski definition) is 6. The van der Waals surface area contributed by atoms with E-state index in [-0.39, 0.29) is 28.2 Å². The Bertz CT molecular complexity index is 758. The van der Waals surface area contributed by atoms with Crippen LogP contribution in [-0.4, -0.2) is 14.8 Å². The Balaban J connectivity index is 2.68. The summed E-state index contributed by atoms with van der Waals surface area (Å²) in [5.41, 5.74) is -0.825. The molecule has 21 heavy (non-hydrogen) atoms. The van der Waals surface area contributed by atoms with E-state index in [2.05, 4.69) is 0 Å². The fourth-order valence-corrected chi connectivity index (χ4v) is 1.82. The van der Waals surface area contributed by atoms with Crippen molar-refractivity contribution in [2.75, 3.05) is 0 Å². The molecule has 0 bridgehead atoms. The van der Waals surface area contributed by atoms with Gasteiger partial charge in [0.25, 0.3) is 17.1 Å². The molecule has 106 valence electrons. The topological polar surface area (TPSA) is 129 Å². The summed E-state index contributed by atoms with van der Waals surface area (Å²) in [7, 11) is 0. The number of non-ortho nitro benzene ring substituents is 2. The quantitative estimate of drug-likeness (QED) is 0.628. The minimum atomic E-state index is -0.697. The third-order valence-corrected chi connectivity index (χ3v) is 2.76. The molecule has 9 heteroatoms. The zero-order valence-electron chi connectivity index (χ0n) is 10.3. The second kappa shape index (κ2) is 5.33. The highest BCUT2D eigenvalue weighted by atomic mass is 16.6. The van der Waals surface area contributed by atoms with E-state index in [4.69, 9.17) is 0 Å². The summed E-state index contributed by atoms with van der Waals surface area (Å²) in [6.45, 7) is 0. The van der Waals surface area contributed by atoms with Crippen LogP contribution in [0.15, 0.2) is 42.5 Å². The largest absolute Gasteiger partial charge is 0.277 e. The van der Waals surface area contributed by atoms with Gasteiger partial charge in [-0.3, -0.25) is 30.3 Å². The Morgan fingerprint density at radius 2 is 1.33 bits per heavy atom. The number of hydrogen-bond donors (Lipinski definition) is 0. The lowest BCUT2D eigenvalue weighted by Gasteiger charge is -2.03. The summed E-state index contributed by atoms with van der Waals surface area (Å²) >= 11 is 0. The Morgan fingerprint density at radius 1 is 0.714 bits per heavy atom. The van der Waals surface area contributed by atoms with Crippen molar-refractivity contribution in [3.8, 4) is 11.1 Å². The average molecular weight is 289 g/mol. The maximum atomic E-state index is 11.0. The maximum absolute atomic E-state index is 11.0. The van der Waals surface area contributed by atoms with Crippen molar-refractivity contribution >= 4 is 17.1 Å². The van der Waals surface area contributed by atoms with Gasteiger partial charge in [-0.05, 0) is 5.56 Å². The van der Waals surface area contributed by atoms with Gasteiger partial charge in [-0.2, -0.15) is 0 Å². The first kappa shape index (κ1) is 14.1. The molecule has 2 aromatic carbocycles. The molecule has 0 aromatic heterocycles. The summed E-state index contributed by atoms with van der Waals surface area (Å²) in [4.78, 5) is 30.5. The highest BCUT2D eigenvalue weighted by Gasteiger charge is 2.21. The van der Waals surface area contributed by atoms with E-state index in [0.717, 1.165) is 24.3 Å². The summed E-state index contributed by atoms with van der Waals surface area (Å²) in [5.74, 6) is 0. The van der Waals surface area contributed by atoms with Crippen molar-refractivity contribution in [3.63, 3.8) is 0 Å². The summed E-state index contributed by atoms with van der Waals surface area (Å²) in [6, 6.07) is 8.18. The molecule has 0 aliphatic carbocycles. The molecule has 0 unspecified atom stereocenters. The lowest BCUT2D eigenvalue weighted by atomic mass is 10.0. The van der Waals surface area contributed by atoms with Gasteiger partial charge in [0, 0.05) is 30.3 Å². The molecular formula is C12H7N3O6. The summed E-state index contributed by atoms with van der Waals surface area (Å²) < 4.78 is 0. The van der Waals surface area contributed by atoms with Gasteiger partial charge in [0.05, 0.1) is 20.3 Å². The van der Waals surface area contributed by atoms with Crippen molar-refractivity contribution in [2.24, 2.45) is 0 Å². The molecule has 0 atom stereocenters. The number of nitro groups is 3. The number of nitrogens with zero attached hydrogens (tertiary/aromatic N) is 3. The Morgan fingerprint density at radius 3 is 1.90 bits per heavy atom. The average Bonchev–Trinajstić information content (AvgIpc) is 2.46. The first-order valence-electron chi connectivity index (χ1n) is 5.58. The molecular weight excluding hydrogens is 282 g/mol. The highest BCUT2D eigenvalue weighted by Crippen LogP contribution is 2.34. The fraction of sp³-hybridized carbons (Fsp3) is 0. The van der Waals surface area contributed by atoms with Crippen molar-refractivity contribution in [3.05, 3.63) is 72.8 Å². The zero-order chi connectivity index (χ0) is 15.6. The van der Waals surface area contributed by atoms with Gasteiger partial charge >= 0.3 is 0 Å². The second-order valence-electron chi connectivity index (χ2n) is 4.02. The van der Waals surface area contributed by atoms with Crippen LogP contribution in [0.5, 0.6) is 0 Å². The fourth-order valence-electron chi connectivity index (χ4n) is 1.82. The van der Waals surface area contributed by atoms with E-state index < -0.39 is 14.8 Å². The van der Waals surface area contributed by atoms with E-state index in [9.17, 15) is 30.3 Å². The molecule has 2 rings (SSSR count). The van der Waals surface area contributed by atoms with Gasteiger partial charge in [0.15, 0.2) is 0 Å². The van der Waals surface area contributed by atoms with Crippen LogP contribution in [0.4, 0.5) is 17.1 Å². The van der Waals surface area contributed by atoms with Gasteiger partial charge in [0.1, 0.15) is 0 Å². The Labute approximate surface area is 116 Å². The van der Waals surface area contributed by atoms with Crippen LogP contribution < -0.4 is 0 Å². The Kier molecular flexibility index (Phi) is 3.57. The van der Waals surface area contributed by atoms with Gasteiger partial charge < -0.3 is 0 Å². The smallest absolute Gasteiger partial charge is 0.258 e. The number of benzene rings is 2. The van der Waals surface area contributed by atoms with Crippen LogP contribution in [0.2, 0.25) is 0 Å². The van der Waals surface area contributed by atoms with Gasteiger partial charge in [-0.15, -0.1) is 0 Å². The third-order valence-electron chi connectivity index (χ3n) is 2.76. The number of rotatable bonds is 4. The first-order valence-corrected chi connectivity index (χ1v) is 5.58. The predicted octanol–water partition coefficient (Wildman–Crippen LogP) is 3.08. The Hall–Kier alpha value is -3.36. The lowest BCUT2D eigenvalue weighted by molar-refractivity contribution is -0.388. The van der Waals surface area contributed by atoms with Crippen LogP contribution >= 0.6 is 0 Å². The van der Waals surface area contributed by atoms with Crippen molar-refractivity contribution in [2.45, 2.75) is 0 Å². The van der Waals surface area contributed by atoms with Crippen LogP contribution in [0, 0.1) is 30.3 Å². The predicted molar refractivity (Wildman–Crippen MR) is 71.8 cm³/mol. The van der Waals surface area contributed by atoms with Crippen LogP contribution in [0.3, 0.4) is 0 Å².